The minimum atomic E-state index is 0.0631. The average molecular weight is 219 g/mol. The van der Waals surface area contributed by atoms with Gasteiger partial charge in [0.15, 0.2) is 0 Å². The Bertz CT molecular complexity index is 202. The van der Waals surface area contributed by atoms with Crippen LogP contribution in [0, 0.1) is 0 Å². The SMILES string of the molecule is CN(C)C1(CNC(=O)CCCl)CCC1. The molecule has 0 aliphatic heterocycles. The normalized spacial score (nSPS) is 19.1. The van der Waals surface area contributed by atoms with Crippen LogP contribution in [-0.4, -0.2) is 42.9 Å². The van der Waals surface area contributed by atoms with Gasteiger partial charge in [0.25, 0.3) is 0 Å². The largest absolute Gasteiger partial charge is 0.354 e. The maximum atomic E-state index is 11.2. The van der Waals surface area contributed by atoms with Crippen molar-refractivity contribution in [2.75, 3.05) is 26.5 Å². The van der Waals surface area contributed by atoms with Crippen LogP contribution in [0.3, 0.4) is 0 Å². The Labute approximate surface area is 90.8 Å². The lowest BCUT2D eigenvalue weighted by atomic mass is 9.75. The molecule has 1 aliphatic rings. The Morgan fingerprint density at radius 3 is 2.50 bits per heavy atom. The summed E-state index contributed by atoms with van der Waals surface area (Å²) >= 11 is 5.49. The summed E-state index contributed by atoms with van der Waals surface area (Å²) in [5, 5.41) is 2.94. The number of likely N-dealkylation sites (N-methyl/N-ethyl adjacent to an activating group) is 1. The van der Waals surface area contributed by atoms with Crippen molar-refractivity contribution in [3.05, 3.63) is 0 Å². The first-order chi connectivity index (χ1) is 6.60. The van der Waals surface area contributed by atoms with Crippen molar-refractivity contribution < 1.29 is 4.79 Å². The Kier molecular flexibility index (Phi) is 4.20. The molecule has 0 bridgehead atoms. The number of carbonyl (C=O) groups excluding carboxylic acids is 1. The standard InChI is InChI=1S/C10H19ClN2O/c1-13(2)10(5-3-6-10)8-12-9(14)4-7-11/h3-8H2,1-2H3,(H,12,14). The molecule has 1 N–H and O–H groups in total. The van der Waals surface area contributed by atoms with Crippen molar-refractivity contribution in [1.82, 2.24) is 10.2 Å². The fourth-order valence-corrected chi connectivity index (χ4v) is 1.98. The maximum absolute atomic E-state index is 11.2. The summed E-state index contributed by atoms with van der Waals surface area (Å²) in [6.07, 6.45) is 4.05. The van der Waals surface area contributed by atoms with E-state index in [0.717, 1.165) is 6.54 Å². The van der Waals surface area contributed by atoms with Gasteiger partial charge in [0.1, 0.15) is 0 Å². The minimum Gasteiger partial charge on any atom is -0.354 e. The molecule has 0 radical (unpaired) electrons. The van der Waals surface area contributed by atoms with Gasteiger partial charge >= 0.3 is 0 Å². The molecule has 1 rings (SSSR count). The minimum absolute atomic E-state index is 0.0631. The first kappa shape index (κ1) is 11.8. The first-order valence-corrected chi connectivity index (χ1v) is 5.64. The number of nitrogens with zero attached hydrogens (tertiary/aromatic N) is 1. The molecule has 0 atom stereocenters. The zero-order valence-electron chi connectivity index (χ0n) is 8.98. The lowest BCUT2D eigenvalue weighted by molar-refractivity contribution is -0.121. The number of amides is 1. The van der Waals surface area contributed by atoms with E-state index in [1.807, 2.05) is 0 Å². The van der Waals surface area contributed by atoms with Crippen molar-refractivity contribution in [3.63, 3.8) is 0 Å². The number of alkyl halides is 1. The van der Waals surface area contributed by atoms with E-state index in [1.54, 1.807) is 0 Å². The Hall–Kier alpha value is -0.280. The van der Waals surface area contributed by atoms with Crippen LogP contribution >= 0.6 is 11.6 Å². The van der Waals surface area contributed by atoms with Crippen LogP contribution in [0.25, 0.3) is 0 Å². The number of carbonyl (C=O) groups is 1. The average Bonchev–Trinajstić information content (AvgIpc) is 2.02. The third-order valence-electron chi connectivity index (χ3n) is 3.17. The van der Waals surface area contributed by atoms with Crippen LogP contribution in [0.4, 0.5) is 0 Å². The molecular weight excluding hydrogens is 200 g/mol. The highest BCUT2D eigenvalue weighted by atomic mass is 35.5. The van der Waals surface area contributed by atoms with E-state index in [1.165, 1.54) is 19.3 Å². The van der Waals surface area contributed by atoms with Gasteiger partial charge in [-0.25, -0.2) is 0 Å². The highest BCUT2D eigenvalue weighted by molar-refractivity contribution is 6.18. The second-order valence-corrected chi connectivity index (χ2v) is 4.57. The number of hydrogen-bond donors (Lipinski definition) is 1. The van der Waals surface area contributed by atoms with E-state index in [4.69, 9.17) is 11.6 Å². The van der Waals surface area contributed by atoms with Gasteiger partial charge in [-0.15, -0.1) is 11.6 Å². The molecule has 1 amide bonds. The number of hydrogen-bond acceptors (Lipinski definition) is 2. The van der Waals surface area contributed by atoms with E-state index in [-0.39, 0.29) is 11.4 Å². The van der Waals surface area contributed by atoms with Gasteiger partial charge in [0.05, 0.1) is 0 Å². The lowest BCUT2D eigenvalue weighted by Gasteiger charge is -2.47. The van der Waals surface area contributed by atoms with Crippen molar-refractivity contribution in [2.45, 2.75) is 31.2 Å². The monoisotopic (exact) mass is 218 g/mol. The van der Waals surface area contributed by atoms with Gasteiger partial charge in [0.2, 0.25) is 5.91 Å². The summed E-state index contributed by atoms with van der Waals surface area (Å²) in [5.74, 6) is 0.467. The van der Waals surface area contributed by atoms with Gasteiger partial charge < -0.3 is 10.2 Å². The Morgan fingerprint density at radius 1 is 1.50 bits per heavy atom. The summed E-state index contributed by atoms with van der Waals surface area (Å²) in [5.41, 5.74) is 0.210. The summed E-state index contributed by atoms with van der Waals surface area (Å²) in [7, 11) is 4.15. The quantitative estimate of drug-likeness (QED) is 0.704. The van der Waals surface area contributed by atoms with Gasteiger partial charge in [-0.3, -0.25) is 4.79 Å². The van der Waals surface area contributed by atoms with Crippen molar-refractivity contribution in [1.29, 1.82) is 0 Å². The van der Waals surface area contributed by atoms with Gasteiger partial charge in [-0.2, -0.15) is 0 Å². The zero-order valence-corrected chi connectivity index (χ0v) is 9.73. The molecule has 0 saturated heterocycles. The highest BCUT2D eigenvalue weighted by Gasteiger charge is 2.38. The van der Waals surface area contributed by atoms with Crippen LogP contribution in [0.5, 0.6) is 0 Å². The van der Waals surface area contributed by atoms with Crippen LogP contribution in [-0.2, 0) is 4.79 Å². The van der Waals surface area contributed by atoms with Crippen LogP contribution < -0.4 is 5.32 Å². The Balaban J connectivity index is 2.31. The molecule has 1 fully saturated rings. The number of rotatable bonds is 5. The van der Waals surface area contributed by atoms with E-state index in [0.29, 0.717) is 12.3 Å². The summed E-state index contributed by atoms with van der Waals surface area (Å²) < 4.78 is 0. The number of halogens is 1. The lowest BCUT2D eigenvalue weighted by Crippen LogP contribution is -2.57. The first-order valence-electron chi connectivity index (χ1n) is 5.11. The summed E-state index contributed by atoms with van der Waals surface area (Å²) in [4.78, 5) is 13.5. The van der Waals surface area contributed by atoms with E-state index in [9.17, 15) is 4.79 Å². The zero-order chi connectivity index (χ0) is 10.6. The molecule has 14 heavy (non-hydrogen) atoms. The molecule has 1 aliphatic carbocycles. The van der Waals surface area contributed by atoms with E-state index >= 15 is 0 Å². The van der Waals surface area contributed by atoms with Gasteiger partial charge in [-0.05, 0) is 33.4 Å². The molecule has 0 heterocycles. The predicted molar refractivity (Wildman–Crippen MR) is 58.6 cm³/mol. The van der Waals surface area contributed by atoms with Gasteiger partial charge in [-0.1, -0.05) is 0 Å². The summed E-state index contributed by atoms with van der Waals surface area (Å²) in [6, 6.07) is 0. The molecule has 1 saturated carbocycles. The third kappa shape index (κ3) is 2.61. The molecule has 3 nitrogen and oxygen atoms in total. The van der Waals surface area contributed by atoms with Gasteiger partial charge in [0, 0.05) is 24.4 Å². The molecule has 0 aromatic heterocycles. The fourth-order valence-electron chi connectivity index (χ4n) is 1.80. The molecule has 82 valence electrons. The Morgan fingerprint density at radius 2 is 2.14 bits per heavy atom. The molecule has 0 aromatic carbocycles. The smallest absolute Gasteiger partial charge is 0.221 e. The molecule has 0 aromatic rings. The fraction of sp³-hybridized carbons (Fsp3) is 0.900. The topological polar surface area (TPSA) is 32.3 Å². The van der Waals surface area contributed by atoms with Crippen molar-refractivity contribution in [2.24, 2.45) is 0 Å². The molecule has 4 heteroatoms. The number of nitrogens with one attached hydrogen (secondary N) is 1. The van der Waals surface area contributed by atoms with Crippen LogP contribution in [0.15, 0.2) is 0 Å². The second-order valence-electron chi connectivity index (χ2n) is 4.19. The predicted octanol–water partition coefficient (Wildman–Crippen LogP) is 1.22. The van der Waals surface area contributed by atoms with E-state index < -0.39 is 0 Å². The van der Waals surface area contributed by atoms with Crippen molar-refractivity contribution in [3.8, 4) is 0 Å². The molecular formula is C10H19ClN2O. The maximum Gasteiger partial charge on any atom is 0.221 e. The van der Waals surface area contributed by atoms with Crippen molar-refractivity contribution >= 4 is 17.5 Å². The van der Waals surface area contributed by atoms with Crippen LogP contribution in [0.1, 0.15) is 25.7 Å². The highest BCUT2D eigenvalue weighted by Crippen LogP contribution is 2.35. The summed E-state index contributed by atoms with van der Waals surface area (Å²) in [6.45, 7) is 0.760. The third-order valence-corrected chi connectivity index (χ3v) is 3.36. The second kappa shape index (κ2) is 4.99. The van der Waals surface area contributed by atoms with E-state index in [2.05, 4.69) is 24.3 Å². The van der Waals surface area contributed by atoms with Crippen LogP contribution in [0.2, 0.25) is 0 Å². The molecule has 0 spiro atoms. The molecule has 0 unspecified atom stereocenters.